The van der Waals surface area contributed by atoms with Crippen LogP contribution in [0.3, 0.4) is 0 Å². The lowest BCUT2D eigenvalue weighted by Gasteiger charge is -2.05. The molecule has 0 aromatic heterocycles. The molecule has 0 spiro atoms. The molecule has 0 saturated heterocycles. The van der Waals surface area contributed by atoms with E-state index >= 15 is 0 Å². The van der Waals surface area contributed by atoms with Gasteiger partial charge in [-0.15, -0.1) is 0 Å². The Kier molecular flexibility index (Phi) is 9.66. The normalized spacial score (nSPS) is 10.3. The molecule has 7 heteroatoms. The third-order valence-electron chi connectivity index (χ3n) is 2.08. The van der Waals surface area contributed by atoms with E-state index in [-0.39, 0.29) is 13.2 Å². The number of ether oxygens (including phenoxy) is 3. The minimum absolute atomic E-state index is 0.0570. The molecule has 0 radical (unpaired) electrons. The molecule has 22 heavy (non-hydrogen) atoms. The summed E-state index contributed by atoms with van der Waals surface area (Å²) >= 11 is 0. The van der Waals surface area contributed by atoms with E-state index in [0.717, 1.165) is 18.2 Å². The lowest BCUT2D eigenvalue weighted by Crippen LogP contribution is -2.19. The number of rotatable bonds is 8. The molecule has 0 aliphatic heterocycles. The van der Waals surface area contributed by atoms with Crippen LogP contribution in [0.5, 0.6) is 0 Å². The predicted molar refractivity (Wildman–Crippen MR) is 76.7 cm³/mol. The van der Waals surface area contributed by atoms with Crippen LogP contribution in [-0.2, 0) is 33.4 Å². The highest BCUT2D eigenvalue weighted by Crippen LogP contribution is 2.03. The fourth-order valence-corrected chi connectivity index (χ4v) is 1.16. The molecule has 0 aliphatic carbocycles. The largest absolute Gasteiger partial charge is 0.466 e. The van der Waals surface area contributed by atoms with Crippen molar-refractivity contribution in [2.24, 2.45) is 0 Å². The van der Waals surface area contributed by atoms with Crippen LogP contribution in [0.25, 0.3) is 0 Å². The molecule has 7 nitrogen and oxygen atoms in total. The van der Waals surface area contributed by atoms with Gasteiger partial charge in [0, 0.05) is 12.2 Å². The summed E-state index contributed by atoms with van der Waals surface area (Å²) in [6.07, 6.45) is 5.54. The lowest BCUT2D eigenvalue weighted by molar-refractivity contribution is -0.147. The van der Waals surface area contributed by atoms with Crippen LogP contribution < -0.4 is 0 Å². The minimum Gasteiger partial charge on any atom is -0.466 e. The van der Waals surface area contributed by atoms with E-state index in [2.05, 4.69) is 14.2 Å². The van der Waals surface area contributed by atoms with Crippen molar-refractivity contribution in [3.05, 3.63) is 36.0 Å². The quantitative estimate of drug-likeness (QED) is 0.164. The Balaban J connectivity index is 5.01. The molecule has 0 saturated carbocycles. The third-order valence-corrected chi connectivity index (χ3v) is 2.08. The Morgan fingerprint density at radius 3 is 1.82 bits per heavy atom. The summed E-state index contributed by atoms with van der Waals surface area (Å²) in [5.74, 6) is -3.09. The van der Waals surface area contributed by atoms with Crippen molar-refractivity contribution in [2.75, 3.05) is 20.3 Å². The standard InChI is InChI=1S/C15H18O7/c1-4-21-14(18)12(15(19)22-5-2)10-11(16)8-6-7-9-13(17)20-3/h6-10H,4-5H2,1-3H3/b8-6+,9-7+. The van der Waals surface area contributed by atoms with Crippen molar-refractivity contribution in [3.63, 3.8) is 0 Å². The van der Waals surface area contributed by atoms with Gasteiger partial charge in [-0.25, -0.2) is 14.4 Å². The number of carbonyl (C=O) groups is 4. The van der Waals surface area contributed by atoms with Crippen LogP contribution >= 0.6 is 0 Å². The second kappa shape index (κ2) is 11.0. The average Bonchev–Trinajstić information content (AvgIpc) is 2.49. The fourth-order valence-electron chi connectivity index (χ4n) is 1.16. The summed E-state index contributed by atoms with van der Waals surface area (Å²) < 4.78 is 13.7. The molecule has 0 aromatic carbocycles. The Morgan fingerprint density at radius 2 is 1.36 bits per heavy atom. The van der Waals surface area contributed by atoms with Crippen LogP contribution in [0.4, 0.5) is 0 Å². The maximum Gasteiger partial charge on any atom is 0.345 e. The molecule has 0 bridgehead atoms. The number of carbonyl (C=O) groups excluding carboxylic acids is 4. The summed E-state index contributed by atoms with van der Waals surface area (Å²) in [6, 6.07) is 0. The van der Waals surface area contributed by atoms with Crippen LogP contribution in [0.15, 0.2) is 36.0 Å². The highest BCUT2D eigenvalue weighted by molar-refractivity contribution is 6.19. The molecular weight excluding hydrogens is 292 g/mol. The number of allylic oxidation sites excluding steroid dienone is 4. The van der Waals surface area contributed by atoms with E-state index in [4.69, 9.17) is 0 Å². The molecule has 0 amide bonds. The van der Waals surface area contributed by atoms with E-state index < -0.39 is 29.3 Å². The van der Waals surface area contributed by atoms with E-state index in [9.17, 15) is 19.2 Å². The monoisotopic (exact) mass is 310 g/mol. The summed E-state index contributed by atoms with van der Waals surface area (Å²) in [6.45, 7) is 3.25. The van der Waals surface area contributed by atoms with E-state index in [1.54, 1.807) is 13.8 Å². The Hall–Kier alpha value is -2.70. The zero-order valence-corrected chi connectivity index (χ0v) is 12.7. The van der Waals surface area contributed by atoms with Crippen molar-refractivity contribution < 1.29 is 33.4 Å². The smallest absolute Gasteiger partial charge is 0.345 e. The van der Waals surface area contributed by atoms with Gasteiger partial charge in [0.25, 0.3) is 0 Å². The van der Waals surface area contributed by atoms with E-state index in [1.807, 2.05) is 0 Å². The van der Waals surface area contributed by atoms with Gasteiger partial charge in [-0.1, -0.05) is 12.2 Å². The molecule has 0 fully saturated rings. The van der Waals surface area contributed by atoms with Crippen molar-refractivity contribution >= 4 is 23.7 Å². The molecule has 0 rings (SSSR count). The maximum absolute atomic E-state index is 11.7. The molecule has 0 unspecified atom stereocenters. The van der Waals surface area contributed by atoms with Gasteiger partial charge in [0.2, 0.25) is 0 Å². The maximum atomic E-state index is 11.7. The van der Waals surface area contributed by atoms with Crippen LogP contribution in [0.2, 0.25) is 0 Å². The van der Waals surface area contributed by atoms with E-state index in [0.29, 0.717) is 0 Å². The first-order valence-electron chi connectivity index (χ1n) is 6.48. The summed E-state index contributed by atoms with van der Waals surface area (Å²) in [5.41, 5.74) is -0.490. The average molecular weight is 310 g/mol. The first kappa shape index (κ1) is 19.3. The summed E-state index contributed by atoms with van der Waals surface area (Å²) in [4.78, 5) is 45.7. The van der Waals surface area contributed by atoms with Crippen LogP contribution in [0.1, 0.15) is 13.8 Å². The number of hydrogen-bond donors (Lipinski definition) is 0. The number of methoxy groups -OCH3 is 1. The number of hydrogen-bond acceptors (Lipinski definition) is 7. The van der Waals surface area contributed by atoms with Crippen molar-refractivity contribution in [2.45, 2.75) is 13.8 Å². The van der Waals surface area contributed by atoms with Crippen molar-refractivity contribution in [1.29, 1.82) is 0 Å². The van der Waals surface area contributed by atoms with Crippen molar-refractivity contribution in [1.82, 2.24) is 0 Å². The number of esters is 3. The fraction of sp³-hybridized carbons (Fsp3) is 0.333. The Labute approximate surface area is 128 Å². The van der Waals surface area contributed by atoms with Gasteiger partial charge in [-0.3, -0.25) is 4.79 Å². The molecule has 0 aromatic rings. The molecule has 120 valence electrons. The first-order chi connectivity index (χ1) is 10.5. The van der Waals surface area contributed by atoms with Crippen LogP contribution in [0, 0.1) is 0 Å². The lowest BCUT2D eigenvalue weighted by atomic mass is 10.2. The Bertz CT molecular complexity index is 492. The molecule has 0 N–H and O–H groups in total. The second-order valence-corrected chi connectivity index (χ2v) is 3.64. The van der Waals surface area contributed by atoms with Crippen molar-refractivity contribution in [3.8, 4) is 0 Å². The predicted octanol–water partition coefficient (Wildman–Crippen LogP) is 0.893. The van der Waals surface area contributed by atoms with Gasteiger partial charge in [0.05, 0.1) is 20.3 Å². The molecule has 0 heterocycles. The molecule has 0 aliphatic rings. The highest BCUT2D eigenvalue weighted by atomic mass is 16.6. The third kappa shape index (κ3) is 7.78. The number of ketones is 1. The highest BCUT2D eigenvalue weighted by Gasteiger charge is 2.21. The minimum atomic E-state index is -0.937. The second-order valence-electron chi connectivity index (χ2n) is 3.64. The first-order valence-corrected chi connectivity index (χ1v) is 6.48. The Morgan fingerprint density at radius 1 is 0.864 bits per heavy atom. The van der Waals surface area contributed by atoms with Gasteiger partial charge < -0.3 is 14.2 Å². The van der Waals surface area contributed by atoms with Gasteiger partial charge in [-0.2, -0.15) is 0 Å². The van der Waals surface area contributed by atoms with Gasteiger partial charge >= 0.3 is 17.9 Å². The van der Waals surface area contributed by atoms with Crippen LogP contribution in [-0.4, -0.2) is 44.0 Å². The zero-order chi connectivity index (χ0) is 17.0. The SMILES string of the molecule is CCOC(=O)C(=CC(=O)/C=C/C=C/C(=O)OC)C(=O)OCC. The molecular formula is C15H18O7. The summed E-state index contributed by atoms with van der Waals surface area (Å²) in [7, 11) is 1.22. The van der Waals surface area contributed by atoms with E-state index in [1.165, 1.54) is 19.3 Å². The summed E-state index contributed by atoms with van der Waals surface area (Å²) in [5, 5.41) is 0. The van der Waals surface area contributed by atoms with Gasteiger partial charge in [0.15, 0.2) is 5.78 Å². The topological polar surface area (TPSA) is 96.0 Å². The van der Waals surface area contributed by atoms with Gasteiger partial charge in [0.1, 0.15) is 5.57 Å². The zero-order valence-electron chi connectivity index (χ0n) is 12.7. The molecule has 0 atom stereocenters. The van der Waals surface area contributed by atoms with Gasteiger partial charge in [-0.05, 0) is 19.9 Å².